The molecule has 10 heteroatoms. The van der Waals surface area contributed by atoms with Crippen molar-refractivity contribution < 1.29 is 52.3 Å². The summed E-state index contributed by atoms with van der Waals surface area (Å²) < 4.78 is 10.7. The second-order valence-corrected chi connectivity index (χ2v) is 9.49. The molecule has 0 spiro atoms. The van der Waals surface area contributed by atoms with E-state index in [1.807, 2.05) is 31.1 Å². The Kier molecular flexibility index (Phi) is 7.16. The van der Waals surface area contributed by atoms with Gasteiger partial charge in [-0.05, 0) is 31.3 Å². The van der Waals surface area contributed by atoms with Crippen molar-refractivity contribution >= 4 is 17.7 Å². The largest absolute Gasteiger partial charge is 1.00 e. The summed E-state index contributed by atoms with van der Waals surface area (Å²) in [6.07, 6.45) is 3.25. The Hall–Kier alpha value is -2.44. The van der Waals surface area contributed by atoms with Crippen LogP contribution in [0.2, 0.25) is 0 Å². The SMILES string of the molecule is COC(=O)C12C[N+](C)(C)CC(C(=O)OC)(C1=O)C(c1ccccn1)N(C)C2c1ccccn1.[I-]. The van der Waals surface area contributed by atoms with E-state index < -0.39 is 40.6 Å². The second kappa shape index (κ2) is 9.31. The summed E-state index contributed by atoms with van der Waals surface area (Å²) in [5.41, 5.74) is -2.25. The molecule has 4 unspecified atom stereocenters. The van der Waals surface area contributed by atoms with Crippen molar-refractivity contribution in [3.8, 4) is 0 Å². The van der Waals surface area contributed by atoms with E-state index in [1.165, 1.54) is 14.2 Å². The average Bonchev–Trinajstić information content (AvgIpc) is 2.81. The number of quaternary nitrogens is 1. The fourth-order valence-electron chi connectivity index (χ4n) is 6.11. The predicted octanol–water partition coefficient (Wildman–Crippen LogP) is -1.81. The molecule has 2 fully saturated rings. The van der Waals surface area contributed by atoms with E-state index in [-0.39, 0.29) is 41.5 Å². The molecule has 0 aliphatic carbocycles. The van der Waals surface area contributed by atoms with Gasteiger partial charge in [-0.3, -0.25) is 29.3 Å². The Bertz CT molecular complexity index is 1000. The molecule has 0 radical (unpaired) electrons. The number of pyridine rings is 2. The van der Waals surface area contributed by atoms with Gasteiger partial charge in [-0.15, -0.1) is 0 Å². The number of nitrogens with zero attached hydrogens (tertiary/aromatic N) is 4. The number of aromatic nitrogens is 2. The lowest BCUT2D eigenvalue weighted by molar-refractivity contribution is -0.904. The maximum Gasteiger partial charge on any atom is 0.327 e. The summed E-state index contributed by atoms with van der Waals surface area (Å²) in [7, 11) is 8.13. The molecule has 34 heavy (non-hydrogen) atoms. The van der Waals surface area contributed by atoms with E-state index in [2.05, 4.69) is 9.97 Å². The summed E-state index contributed by atoms with van der Waals surface area (Å²) in [4.78, 5) is 52.6. The number of methoxy groups -OCH3 is 2. The second-order valence-electron chi connectivity index (χ2n) is 9.49. The molecule has 2 saturated heterocycles. The Balaban J connectivity index is 0.00000324. The van der Waals surface area contributed by atoms with Crippen LogP contribution >= 0.6 is 0 Å². The van der Waals surface area contributed by atoms with E-state index in [0.717, 1.165) is 0 Å². The number of hydrogen-bond donors (Lipinski definition) is 0. The summed E-state index contributed by atoms with van der Waals surface area (Å²) in [6.45, 7) is 0.301. The molecule has 2 aliphatic rings. The number of ketones is 1. The fraction of sp³-hybridized carbons (Fsp3) is 0.458. The molecule has 0 N–H and O–H groups in total. The van der Waals surface area contributed by atoms with Crippen LogP contribution in [0.4, 0.5) is 0 Å². The number of rotatable bonds is 4. The normalized spacial score (nSPS) is 30.1. The van der Waals surface area contributed by atoms with Crippen LogP contribution in [-0.2, 0) is 23.9 Å². The first-order valence-corrected chi connectivity index (χ1v) is 10.7. The topological polar surface area (TPSA) is 98.7 Å². The molecular formula is C24H29IN4O5. The number of hydrogen-bond acceptors (Lipinski definition) is 8. The zero-order chi connectivity index (χ0) is 24.0. The maximum absolute atomic E-state index is 14.6. The molecule has 2 aromatic heterocycles. The number of halogens is 1. The number of esters is 2. The van der Waals surface area contributed by atoms with Crippen molar-refractivity contribution in [2.45, 2.75) is 12.1 Å². The van der Waals surface area contributed by atoms with Crippen LogP contribution in [-0.4, -0.2) is 85.5 Å². The smallest absolute Gasteiger partial charge is 0.327 e. The van der Waals surface area contributed by atoms with Crippen LogP contribution in [0.5, 0.6) is 0 Å². The minimum atomic E-state index is -1.67. The first-order valence-electron chi connectivity index (χ1n) is 10.7. The van der Waals surface area contributed by atoms with Gasteiger partial charge >= 0.3 is 11.9 Å². The minimum Gasteiger partial charge on any atom is -1.00 e. The summed E-state index contributed by atoms with van der Waals surface area (Å²) in [5, 5.41) is 0. The molecule has 4 heterocycles. The van der Waals surface area contributed by atoms with E-state index >= 15 is 0 Å². The molecular weight excluding hydrogens is 551 g/mol. The quantitative estimate of drug-likeness (QED) is 0.181. The van der Waals surface area contributed by atoms with Crippen molar-refractivity contribution in [2.75, 3.05) is 48.5 Å². The molecule has 4 rings (SSSR count). The lowest BCUT2D eigenvalue weighted by Gasteiger charge is -2.61. The van der Waals surface area contributed by atoms with Gasteiger partial charge < -0.3 is 37.9 Å². The Morgan fingerprint density at radius 2 is 1.32 bits per heavy atom. The van der Waals surface area contributed by atoms with Gasteiger partial charge in [0, 0.05) is 12.4 Å². The van der Waals surface area contributed by atoms with Gasteiger partial charge in [-0.2, -0.15) is 0 Å². The Morgan fingerprint density at radius 1 is 0.912 bits per heavy atom. The van der Waals surface area contributed by atoms with Gasteiger partial charge in [0.1, 0.15) is 13.1 Å². The molecule has 2 bridgehead atoms. The Labute approximate surface area is 216 Å². The number of carbonyl (C=O) groups is 3. The van der Waals surface area contributed by atoms with Gasteiger partial charge in [0.25, 0.3) is 0 Å². The van der Waals surface area contributed by atoms with Crippen LogP contribution in [0.15, 0.2) is 48.8 Å². The number of ether oxygens (including phenoxy) is 2. The van der Waals surface area contributed by atoms with E-state index in [1.54, 1.807) is 43.7 Å². The van der Waals surface area contributed by atoms with E-state index in [4.69, 9.17) is 9.47 Å². The molecule has 2 aliphatic heterocycles. The zero-order valence-corrected chi connectivity index (χ0v) is 22.1. The predicted molar refractivity (Wildman–Crippen MR) is 117 cm³/mol. The monoisotopic (exact) mass is 580 g/mol. The first kappa shape index (κ1) is 26.2. The highest BCUT2D eigenvalue weighted by Crippen LogP contribution is 2.60. The maximum atomic E-state index is 14.6. The molecule has 2 aromatic rings. The van der Waals surface area contributed by atoms with Crippen LogP contribution < -0.4 is 24.0 Å². The average molecular weight is 580 g/mol. The van der Waals surface area contributed by atoms with Crippen LogP contribution in [0.3, 0.4) is 0 Å². The van der Waals surface area contributed by atoms with Crippen molar-refractivity contribution in [3.05, 3.63) is 60.2 Å². The van der Waals surface area contributed by atoms with Gasteiger partial charge in [-0.25, -0.2) is 0 Å². The summed E-state index contributed by atoms with van der Waals surface area (Å²) >= 11 is 0. The lowest BCUT2D eigenvalue weighted by atomic mass is 9.54. The van der Waals surface area contributed by atoms with Crippen molar-refractivity contribution in [3.63, 3.8) is 0 Å². The van der Waals surface area contributed by atoms with Crippen LogP contribution in [0.1, 0.15) is 23.5 Å². The number of likely N-dealkylation sites (tertiary alicyclic amines) is 2. The first-order chi connectivity index (χ1) is 15.7. The van der Waals surface area contributed by atoms with Crippen LogP contribution in [0.25, 0.3) is 0 Å². The highest BCUT2D eigenvalue weighted by molar-refractivity contribution is 6.17. The zero-order valence-electron chi connectivity index (χ0n) is 19.9. The van der Waals surface area contributed by atoms with Gasteiger partial charge in [0.15, 0.2) is 16.6 Å². The number of piperidine rings is 2. The van der Waals surface area contributed by atoms with Crippen molar-refractivity contribution in [2.24, 2.45) is 10.8 Å². The lowest BCUT2D eigenvalue weighted by Crippen LogP contribution is -3.00. The van der Waals surface area contributed by atoms with E-state index in [9.17, 15) is 14.4 Å². The summed E-state index contributed by atoms with van der Waals surface area (Å²) in [6, 6.07) is 9.19. The van der Waals surface area contributed by atoms with E-state index in [0.29, 0.717) is 11.4 Å². The molecule has 0 aromatic carbocycles. The highest BCUT2D eigenvalue weighted by atomic mass is 127. The molecule has 4 atom stereocenters. The van der Waals surface area contributed by atoms with Crippen LogP contribution in [0, 0.1) is 10.8 Å². The molecule has 9 nitrogen and oxygen atoms in total. The summed E-state index contributed by atoms with van der Waals surface area (Å²) in [5.74, 6) is -1.88. The van der Waals surface area contributed by atoms with Gasteiger partial charge in [-0.1, -0.05) is 12.1 Å². The minimum absolute atomic E-state index is 0. The van der Waals surface area contributed by atoms with Gasteiger partial charge in [0.05, 0.1) is 51.8 Å². The third-order valence-corrected chi connectivity index (χ3v) is 6.95. The molecule has 0 amide bonds. The number of carbonyl (C=O) groups excluding carboxylic acids is 3. The highest BCUT2D eigenvalue weighted by Gasteiger charge is 2.78. The third kappa shape index (κ3) is 3.62. The number of fused-ring (bicyclic) bond motifs is 2. The fourth-order valence-corrected chi connectivity index (χ4v) is 6.11. The third-order valence-electron chi connectivity index (χ3n) is 6.95. The van der Waals surface area contributed by atoms with Crippen molar-refractivity contribution in [1.82, 2.24) is 14.9 Å². The Morgan fingerprint density at radius 3 is 1.65 bits per heavy atom. The molecule has 182 valence electrons. The van der Waals surface area contributed by atoms with Gasteiger partial charge in [0.2, 0.25) is 0 Å². The number of Topliss-reactive ketones (excluding diaryl/α,β-unsaturated/α-hetero) is 1. The molecule has 0 saturated carbocycles. The standard InChI is InChI=1S/C24H29N4O5.HI/c1-27-18(16-10-6-8-12-25-16)23(21(30)32-4)14-28(2,3)15-24(20(23)29,22(31)33-5)19(27)17-11-7-9-13-26-17;/h6-13,18-19H,14-15H2,1-5H3;1H/q+1;/p-1. The van der Waals surface area contributed by atoms with Crippen molar-refractivity contribution in [1.29, 1.82) is 0 Å².